The van der Waals surface area contributed by atoms with Crippen molar-refractivity contribution in [3.05, 3.63) is 42.0 Å². The molecular formula is C15H13N3O5S. The van der Waals surface area contributed by atoms with Crippen molar-refractivity contribution in [1.82, 2.24) is 15.0 Å². The summed E-state index contributed by atoms with van der Waals surface area (Å²) in [7, 11) is -3.80. The number of aromatic nitrogens is 2. The van der Waals surface area contributed by atoms with E-state index >= 15 is 0 Å². The molecule has 0 saturated heterocycles. The largest absolute Gasteiger partial charge is 0.454 e. The molecule has 2 heterocycles. The Bertz CT molecular complexity index is 1010. The van der Waals surface area contributed by atoms with Gasteiger partial charge in [0.25, 0.3) is 0 Å². The Morgan fingerprint density at radius 1 is 1.12 bits per heavy atom. The Kier molecular flexibility index (Phi) is 3.39. The molecule has 4 rings (SSSR count). The third-order valence-electron chi connectivity index (χ3n) is 3.77. The summed E-state index contributed by atoms with van der Waals surface area (Å²) in [6, 6.07) is 9.51. The first kappa shape index (κ1) is 14.9. The summed E-state index contributed by atoms with van der Waals surface area (Å²) in [5.41, 5.74) is 1.34. The molecule has 1 unspecified atom stereocenters. The average molecular weight is 347 g/mol. The van der Waals surface area contributed by atoms with Crippen LogP contribution in [-0.2, 0) is 10.0 Å². The smallest absolute Gasteiger partial charge is 0.243 e. The molecule has 9 heteroatoms. The summed E-state index contributed by atoms with van der Waals surface area (Å²) in [6.07, 6.45) is 0. The highest BCUT2D eigenvalue weighted by Gasteiger charge is 2.24. The van der Waals surface area contributed by atoms with Crippen LogP contribution in [0.15, 0.2) is 45.9 Å². The van der Waals surface area contributed by atoms with Crippen LogP contribution in [0.1, 0.15) is 18.5 Å². The van der Waals surface area contributed by atoms with Gasteiger partial charge in [-0.1, -0.05) is 12.1 Å². The van der Waals surface area contributed by atoms with Gasteiger partial charge < -0.3 is 9.47 Å². The first-order valence-electron chi connectivity index (χ1n) is 7.18. The maximum absolute atomic E-state index is 12.7. The zero-order valence-corrected chi connectivity index (χ0v) is 13.4. The van der Waals surface area contributed by atoms with E-state index in [1.165, 1.54) is 6.07 Å². The molecular weight excluding hydrogens is 334 g/mol. The van der Waals surface area contributed by atoms with Gasteiger partial charge in [0.15, 0.2) is 17.0 Å². The first-order chi connectivity index (χ1) is 11.5. The first-order valence-corrected chi connectivity index (χ1v) is 8.66. The van der Waals surface area contributed by atoms with E-state index in [2.05, 4.69) is 19.7 Å². The SMILES string of the molecule is CC(NS(=O)(=O)c1cccc2nonc12)c1ccc2c(c1)OCO2. The van der Waals surface area contributed by atoms with Gasteiger partial charge in [-0.25, -0.2) is 17.8 Å². The molecule has 0 saturated carbocycles. The normalized spacial score (nSPS) is 14.9. The topological polar surface area (TPSA) is 104 Å². The van der Waals surface area contributed by atoms with E-state index < -0.39 is 16.1 Å². The number of rotatable bonds is 4. The standard InChI is InChI=1S/C15H13N3O5S/c1-9(10-5-6-12-13(7-10)22-8-21-12)18-24(19,20)14-4-2-3-11-15(14)17-23-16-11/h2-7,9,18H,8H2,1H3. The van der Waals surface area contributed by atoms with Crippen molar-refractivity contribution < 1.29 is 22.5 Å². The van der Waals surface area contributed by atoms with Crippen LogP contribution in [0.3, 0.4) is 0 Å². The second-order valence-corrected chi connectivity index (χ2v) is 7.03. The van der Waals surface area contributed by atoms with E-state index in [0.29, 0.717) is 17.0 Å². The lowest BCUT2D eigenvalue weighted by molar-refractivity contribution is 0.174. The summed E-state index contributed by atoms with van der Waals surface area (Å²) in [5.74, 6) is 1.24. The Morgan fingerprint density at radius 2 is 1.96 bits per heavy atom. The van der Waals surface area contributed by atoms with Crippen LogP contribution in [0.25, 0.3) is 11.0 Å². The molecule has 0 radical (unpaired) electrons. The average Bonchev–Trinajstić information content (AvgIpc) is 3.21. The van der Waals surface area contributed by atoms with Crippen molar-refractivity contribution in [3.8, 4) is 11.5 Å². The van der Waals surface area contributed by atoms with E-state index in [9.17, 15) is 8.42 Å². The third-order valence-corrected chi connectivity index (χ3v) is 5.34. The molecule has 0 amide bonds. The number of sulfonamides is 1. The lowest BCUT2D eigenvalue weighted by Crippen LogP contribution is -2.27. The van der Waals surface area contributed by atoms with Crippen LogP contribution in [-0.4, -0.2) is 25.5 Å². The summed E-state index contributed by atoms with van der Waals surface area (Å²) in [5, 5.41) is 7.33. The number of fused-ring (bicyclic) bond motifs is 2. The van der Waals surface area contributed by atoms with Gasteiger partial charge in [0.1, 0.15) is 10.4 Å². The molecule has 3 aromatic rings. The molecule has 0 bridgehead atoms. The second kappa shape index (κ2) is 5.46. The van der Waals surface area contributed by atoms with Gasteiger partial charge in [-0.2, -0.15) is 0 Å². The molecule has 1 N–H and O–H groups in total. The second-order valence-electron chi connectivity index (χ2n) is 5.34. The Balaban J connectivity index is 1.65. The number of hydrogen-bond donors (Lipinski definition) is 1. The fourth-order valence-electron chi connectivity index (χ4n) is 2.54. The number of nitrogens with one attached hydrogen (secondary N) is 1. The molecule has 0 spiro atoms. The van der Waals surface area contributed by atoms with Gasteiger partial charge in [0, 0.05) is 6.04 Å². The van der Waals surface area contributed by atoms with Crippen molar-refractivity contribution >= 4 is 21.1 Å². The zero-order chi connectivity index (χ0) is 16.7. The van der Waals surface area contributed by atoms with Crippen LogP contribution in [0.4, 0.5) is 0 Å². The van der Waals surface area contributed by atoms with Crippen LogP contribution < -0.4 is 14.2 Å². The van der Waals surface area contributed by atoms with Gasteiger partial charge in [-0.15, -0.1) is 0 Å². The van der Waals surface area contributed by atoms with Crippen molar-refractivity contribution in [2.45, 2.75) is 17.9 Å². The van der Waals surface area contributed by atoms with E-state index in [4.69, 9.17) is 9.47 Å². The summed E-state index contributed by atoms with van der Waals surface area (Å²) in [6.45, 7) is 1.91. The molecule has 2 aromatic carbocycles. The van der Waals surface area contributed by atoms with Crippen molar-refractivity contribution in [3.63, 3.8) is 0 Å². The Labute approximate surface area is 137 Å². The van der Waals surface area contributed by atoms with Gasteiger partial charge in [-0.05, 0) is 47.1 Å². The number of hydrogen-bond acceptors (Lipinski definition) is 7. The van der Waals surface area contributed by atoms with Crippen LogP contribution >= 0.6 is 0 Å². The monoisotopic (exact) mass is 347 g/mol. The lowest BCUT2D eigenvalue weighted by atomic mass is 10.1. The maximum atomic E-state index is 12.7. The minimum absolute atomic E-state index is 0.0221. The Morgan fingerprint density at radius 3 is 2.83 bits per heavy atom. The highest BCUT2D eigenvalue weighted by atomic mass is 32.2. The zero-order valence-electron chi connectivity index (χ0n) is 12.6. The molecule has 0 fully saturated rings. The molecule has 1 aromatic heterocycles. The third kappa shape index (κ3) is 2.47. The predicted molar refractivity (Wildman–Crippen MR) is 83.1 cm³/mol. The van der Waals surface area contributed by atoms with Gasteiger partial charge in [-0.3, -0.25) is 0 Å². The lowest BCUT2D eigenvalue weighted by Gasteiger charge is -2.15. The quantitative estimate of drug-likeness (QED) is 0.769. The number of benzene rings is 2. The van der Waals surface area contributed by atoms with Crippen molar-refractivity contribution in [2.75, 3.05) is 6.79 Å². The van der Waals surface area contributed by atoms with Gasteiger partial charge in [0.2, 0.25) is 16.8 Å². The molecule has 1 atom stereocenters. The molecule has 0 aliphatic carbocycles. The summed E-state index contributed by atoms with van der Waals surface area (Å²) < 4.78 is 43.2. The summed E-state index contributed by atoms with van der Waals surface area (Å²) >= 11 is 0. The fraction of sp³-hybridized carbons (Fsp3) is 0.200. The van der Waals surface area contributed by atoms with Crippen LogP contribution in [0, 0.1) is 0 Å². The predicted octanol–water partition coefficient (Wildman–Crippen LogP) is 1.99. The van der Waals surface area contributed by atoms with Crippen LogP contribution in [0.2, 0.25) is 0 Å². The highest BCUT2D eigenvalue weighted by molar-refractivity contribution is 7.89. The minimum Gasteiger partial charge on any atom is -0.454 e. The highest BCUT2D eigenvalue weighted by Crippen LogP contribution is 2.34. The number of ether oxygens (including phenoxy) is 2. The molecule has 1 aliphatic rings. The minimum atomic E-state index is -3.80. The van der Waals surface area contributed by atoms with E-state index in [-0.39, 0.29) is 17.2 Å². The van der Waals surface area contributed by atoms with E-state index in [1.807, 2.05) is 0 Å². The van der Waals surface area contributed by atoms with E-state index in [1.54, 1.807) is 37.3 Å². The summed E-state index contributed by atoms with van der Waals surface area (Å²) in [4.78, 5) is 0.0221. The van der Waals surface area contributed by atoms with Crippen molar-refractivity contribution in [2.24, 2.45) is 0 Å². The van der Waals surface area contributed by atoms with E-state index in [0.717, 1.165) is 5.56 Å². The number of nitrogens with zero attached hydrogens (tertiary/aromatic N) is 2. The molecule has 124 valence electrons. The molecule has 8 nitrogen and oxygen atoms in total. The molecule has 1 aliphatic heterocycles. The van der Waals surface area contributed by atoms with Gasteiger partial charge >= 0.3 is 0 Å². The van der Waals surface area contributed by atoms with Crippen molar-refractivity contribution in [1.29, 1.82) is 0 Å². The Hall–Kier alpha value is -2.65. The van der Waals surface area contributed by atoms with Gasteiger partial charge in [0.05, 0.1) is 0 Å². The molecule has 24 heavy (non-hydrogen) atoms. The maximum Gasteiger partial charge on any atom is 0.243 e. The van der Waals surface area contributed by atoms with Crippen LogP contribution in [0.5, 0.6) is 11.5 Å². The fourth-order valence-corrected chi connectivity index (χ4v) is 3.93.